The van der Waals surface area contributed by atoms with Gasteiger partial charge in [-0.1, -0.05) is 30.4 Å². The van der Waals surface area contributed by atoms with Gasteiger partial charge in [0.05, 0.1) is 11.8 Å². The lowest BCUT2D eigenvalue weighted by atomic mass is 9.63. The smallest absolute Gasteiger partial charge is 0.246 e. The van der Waals surface area contributed by atoms with Crippen molar-refractivity contribution in [3.05, 3.63) is 17.2 Å². The minimum absolute atomic E-state index is 0.139. The Morgan fingerprint density at radius 2 is 1.83 bits per heavy atom. The molecule has 4 aliphatic rings. The standard InChI is InChI=1S/C16H18N4O3S/c1-2-11-18-19-16(24-11)17-10(21)7-20-14(22)12-8-3-4-9(6-5-8)13(12)15(20)23/h3-4,8-9,12-13H,2,5-7H2,1H3,(H,17,19,21). The molecule has 1 aromatic heterocycles. The third kappa shape index (κ3) is 2.36. The Balaban J connectivity index is 1.46. The number of likely N-dealkylation sites (tertiary alicyclic amines) is 1. The summed E-state index contributed by atoms with van der Waals surface area (Å²) in [5.41, 5.74) is 0. The van der Waals surface area contributed by atoms with Crippen LogP contribution in [0.25, 0.3) is 0 Å². The van der Waals surface area contributed by atoms with Crippen LogP contribution < -0.4 is 5.32 Å². The second-order valence-electron chi connectivity index (χ2n) is 6.51. The lowest BCUT2D eigenvalue weighted by molar-refractivity contribution is -0.142. The van der Waals surface area contributed by atoms with E-state index in [0.717, 1.165) is 29.2 Å². The molecule has 8 heteroatoms. The number of nitrogens with zero attached hydrogens (tertiary/aromatic N) is 3. The molecule has 3 amide bonds. The van der Waals surface area contributed by atoms with Crippen molar-refractivity contribution in [3.63, 3.8) is 0 Å². The highest BCUT2D eigenvalue weighted by Gasteiger charge is 2.56. The molecule has 1 aliphatic heterocycles. The zero-order valence-corrected chi connectivity index (χ0v) is 14.1. The predicted molar refractivity (Wildman–Crippen MR) is 87.0 cm³/mol. The Morgan fingerprint density at radius 1 is 1.21 bits per heavy atom. The molecule has 1 N–H and O–H groups in total. The SMILES string of the molecule is CCc1nnc(NC(=O)CN2C(=O)C3C4C=CC(CC4)C3C2=O)s1. The molecule has 1 aromatic rings. The van der Waals surface area contributed by atoms with Crippen LogP contribution in [0.5, 0.6) is 0 Å². The molecule has 4 unspecified atom stereocenters. The third-order valence-corrected chi connectivity index (χ3v) is 6.15. The molecule has 0 radical (unpaired) electrons. The van der Waals surface area contributed by atoms with Crippen LogP contribution in [0.3, 0.4) is 0 Å². The summed E-state index contributed by atoms with van der Waals surface area (Å²) in [4.78, 5) is 38.6. The fourth-order valence-corrected chi connectivity index (χ4v) is 4.74. The van der Waals surface area contributed by atoms with Gasteiger partial charge in [-0.3, -0.25) is 24.6 Å². The van der Waals surface area contributed by atoms with Crippen LogP contribution >= 0.6 is 11.3 Å². The number of anilines is 1. The Hall–Kier alpha value is -2.09. The van der Waals surface area contributed by atoms with E-state index in [1.807, 2.05) is 6.92 Å². The highest BCUT2D eigenvalue weighted by molar-refractivity contribution is 7.15. The van der Waals surface area contributed by atoms with Crippen molar-refractivity contribution < 1.29 is 14.4 Å². The van der Waals surface area contributed by atoms with Crippen molar-refractivity contribution in [2.45, 2.75) is 26.2 Å². The van der Waals surface area contributed by atoms with Crippen molar-refractivity contribution in [1.82, 2.24) is 15.1 Å². The second-order valence-corrected chi connectivity index (χ2v) is 7.57. The fraction of sp³-hybridized carbons (Fsp3) is 0.562. The molecule has 2 bridgehead atoms. The van der Waals surface area contributed by atoms with E-state index in [1.54, 1.807) is 0 Å². The number of aryl methyl sites for hydroxylation is 1. The van der Waals surface area contributed by atoms with Crippen molar-refractivity contribution in [2.24, 2.45) is 23.7 Å². The number of allylic oxidation sites excluding steroid dienone is 2. The van der Waals surface area contributed by atoms with Gasteiger partial charge < -0.3 is 0 Å². The van der Waals surface area contributed by atoms with Crippen molar-refractivity contribution >= 4 is 34.2 Å². The quantitative estimate of drug-likeness (QED) is 0.654. The second kappa shape index (κ2) is 5.77. The van der Waals surface area contributed by atoms with Crippen LogP contribution in [0.4, 0.5) is 5.13 Å². The Labute approximate surface area is 143 Å². The zero-order chi connectivity index (χ0) is 16.8. The van der Waals surface area contributed by atoms with E-state index in [2.05, 4.69) is 27.7 Å². The van der Waals surface area contributed by atoms with Gasteiger partial charge in [0.15, 0.2) is 0 Å². The Bertz CT molecular complexity index is 711. The molecule has 3 aliphatic carbocycles. The summed E-state index contributed by atoms with van der Waals surface area (Å²) in [7, 11) is 0. The molecule has 5 rings (SSSR count). The maximum atomic E-state index is 12.6. The highest BCUT2D eigenvalue weighted by Crippen LogP contribution is 2.49. The van der Waals surface area contributed by atoms with E-state index in [-0.39, 0.29) is 42.0 Å². The number of hydrogen-bond acceptors (Lipinski definition) is 6. The first-order valence-corrected chi connectivity index (χ1v) is 9.06. The molecule has 126 valence electrons. The van der Waals surface area contributed by atoms with Crippen LogP contribution in [-0.2, 0) is 20.8 Å². The van der Waals surface area contributed by atoms with Gasteiger partial charge in [0, 0.05) is 0 Å². The predicted octanol–water partition coefficient (Wildman–Crippen LogP) is 1.24. The van der Waals surface area contributed by atoms with E-state index >= 15 is 0 Å². The minimum atomic E-state index is -0.408. The van der Waals surface area contributed by atoms with Gasteiger partial charge in [-0.15, -0.1) is 10.2 Å². The van der Waals surface area contributed by atoms with Crippen LogP contribution in [0.1, 0.15) is 24.8 Å². The number of hydrogen-bond donors (Lipinski definition) is 1. The number of fused-ring (bicyclic) bond motifs is 1. The van der Waals surface area contributed by atoms with E-state index in [1.165, 1.54) is 11.3 Å². The Kier molecular flexibility index (Phi) is 3.71. The van der Waals surface area contributed by atoms with Crippen LogP contribution in [0.2, 0.25) is 0 Å². The number of carbonyl (C=O) groups excluding carboxylic acids is 3. The molecule has 0 spiro atoms. The van der Waals surface area contributed by atoms with E-state index in [0.29, 0.717) is 5.13 Å². The molecule has 4 atom stereocenters. The lowest BCUT2D eigenvalue weighted by Gasteiger charge is -2.38. The summed E-state index contributed by atoms with van der Waals surface area (Å²) in [6.07, 6.45) is 6.78. The molecule has 24 heavy (non-hydrogen) atoms. The van der Waals surface area contributed by atoms with Gasteiger partial charge in [0.25, 0.3) is 0 Å². The first-order chi connectivity index (χ1) is 11.6. The number of amides is 3. The first kappa shape index (κ1) is 15.4. The summed E-state index contributed by atoms with van der Waals surface area (Å²) >= 11 is 1.30. The zero-order valence-electron chi connectivity index (χ0n) is 13.3. The molecule has 7 nitrogen and oxygen atoms in total. The summed E-state index contributed by atoms with van der Waals surface area (Å²) in [6.45, 7) is 1.71. The lowest BCUT2D eigenvalue weighted by Crippen LogP contribution is -2.38. The maximum absolute atomic E-state index is 12.6. The number of imide groups is 1. The van der Waals surface area contributed by atoms with E-state index in [9.17, 15) is 14.4 Å². The molecule has 1 saturated carbocycles. The summed E-state index contributed by atoms with van der Waals surface area (Å²) in [5.74, 6) is -1.09. The van der Waals surface area contributed by atoms with Gasteiger partial charge in [0.1, 0.15) is 11.6 Å². The average molecular weight is 346 g/mol. The summed E-state index contributed by atoms with van der Waals surface area (Å²) < 4.78 is 0. The number of nitrogens with one attached hydrogen (secondary N) is 1. The van der Waals surface area contributed by atoms with E-state index in [4.69, 9.17) is 0 Å². The monoisotopic (exact) mass is 346 g/mol. The topological polar surface area (TPSA) is 92.3 Å². The number of aromatic nitrogens is 2. The average Bonchev–Trinajstić information content (AvgIpc) is 3.15. The van der Waals surface area contributed by atoms with Crippen LogP contribution in [-0.4, -0.2) is 39.4 Å². The summed E-state index contributed by atoms with van der Waals surface area (Å²) in [5, 5.41) is 11.7. The van der Waals surface area contributed by atoms with Crippen LogP contribution in [0.15, 0.2) is 12.2 Å². The molecule has 2 heterocycles. The molecular weight excluding hydrogens is 328 g/mol. The number of carbonyl (C=O) groups is 3. The third-order valence-electron chi connectivity index (χ3n) is 5.17. The number of rotatable bonds is 4. The maximum Gasteiger partial charge on any atom is 0.246 e. The van der Waals surface area contributed by atoms with E-state index < -0.39 is 5.91 Å². The van der Waals surface area contributed by atoms with Gasteiger partial charge >= 0.3 is 0 Å². The minimum Gasteiger partial charge on any atom is -0.299 e. The summed E-state index contributed by atoms with van der Waals surface area (Å²) in [6, 6.07) is 0. The van der Waals surface area contributed by atoms with Gasteiger partial charge in [-0.05, 0) is 31.1 Å². The van der Waals surface area contributed by atoms with Crippen molar-refractivity contribution in [1.29, 1.82) is 0 Å². The van der Waals surface area contributed by atoms with Gasteiger partial charge in [-0.25, -0.2) is 0 Å². The first-order valence-electron chi connectivity index (χ1n) is 8.24. The highest BCUT2D eigenvalue weighted by atomic mass is 32.1. The molecular formula is C16H18N4O3S. The fourth-order valence-electron chi connectivity index (χ4n) is 4.04. The Morgan fingerprint density at radius 3 is 2.33 bits per heavy atom. The van der Waals surface area contributed by atoms with Gasteiger partial charge in [0.2, 0.25) is 22.9 Å². The normalized spacial score (nSPS) is 30.8. The van der Waals surface area contributed by atoms with Crippen LogP contribution in [0, 0.1) is 23.7 Å². The van der Waals surface area contributed by atoms with Crippen molar-refractivity contribution in [3.8, 4) is 0 Å². The molecule has 0 aromatic carbocycles. The van der Waals surface area contributed by atoms with Gasteiger partial charge in [-0.2, -0.15) is 0 Å². The largest absolute Gasteiger partial charge is 0.299 e. The molecule has 1 saturated heterocycles. The van der Waals surface area contributed by atoms with Crippen molar-refractivity contribution in [2.75, 3.05) is 11.9 Å². The molecule has 2 fully saturated rings.